The molecule has 2 rings (SSSR count). The second-order valence-electron chi connectivity index (χ2n) is 4.60. The summed E-state index contributed by atoms with van der Waals surface area (Å²) in [6.07, 6.45) is 2.59. The predicted molar refractivity (Wildman–Crippen MR) is 71.9 cm³/mol. The van der Waals surface area contributed by atoms with Crippen molar-refractivity contribution in [2.45, 2.75) is 12.8 Å². The Morgan fingerprint density at radius 3 is 2.67 bits per heavy atom. The quantitative estimate of drug-likeness (QED) is 0.724. The molecule has 18 heavy (non-hydrogen) atoms. The van der Waals surface area contributed by atoms with Crippen LogP contribution in [0.25, 0.3) is 0 Å². The van der Waals surface area contributed by atoms with E-state index in [0.717, 1.165) is 18.2 Å². The molecule has 1 saturated carbocycles. The fourth-order valence-electron chi connectivity index (χ4n) is 1.66. The molecule has 0 aliphatic heterocycles. The van der Waals surface area contributed by atoms with Crippen LogP contribution in [0.4, 0.5) is 5.69 Å². The Labute approximate surface area is 108 Å². The van der Waals surface area contributed by atoms with Gasteiger partial charge in [0.2, 0.25) is 0 Å². The van der Waals surface area contributed by atoms with Crippen LogP contribution in [0.5, 0.6) is 0 Å². The van der Waals surface area contributed by atoms with E-state index in [4.69, 9.17) is 4.74 Å². The molecule has 1 aromatic rings. The van der Waals surface area contributed by atoms with E-state index in [0.29, 0.717) is 18.7 Å². The maximum Gasteiger partial charge on any atom is 0.251 e. The highest BCUT2D eigenvalue weighted by molar-refractivity contribution is 5.94. The lowest BCUT2D eigenvalue weighted by molar-refractivity contribution is 0.0906. The van der Waals surface area contributed by atoms with E-state index in [-0.39, 0.29) is 5.91 Å². The van der Waals surface area contributed by atoms with Gasteiger partial charge in [0, 0.05) is 31.5 Å². The minimum Gasteiger partial charge on any atom is -0.388 e. The van der Waals surface area contributed by atoms with Gasteiger partial charge in [-0.05, 0) is 43.0 Å². The minimum absolute atomic E-state index is 0.0484. The standard InChI is InChI=1S/C14H20N2O2/c1-15-13-6-4-12(5-7-13)14(17)16-8-9-18-10-11-2-3-11/h4-7,11,15H,2-3,8-10H2,1H3,(H,16,17). The highest BCUT2D eigenvalue weighted by Gasteiger charge is 2.20. The van der Waals surface area contributed by atoms with Gasteiger partial charge in [-0.1, -0.05) is 0 Å². The molecule has 0 spiro atoms. The van der Waals surface area contributed by atoms with Crippen LogP contribution >= 0.6 is 0 Å². The smallest absolute Gasteiger partial charge is 0.251 e. The molecule has 1 amide bonds. The lowest BCUT2D eigenvalue weighted by Crippen LogP contribution is -2.27. The van der Waals surface area contributed by atoms with Crippen molar-refractivity contribution in [3.05, 3.63) is 29.8 Å². The molecule has 98 valence electrons. The van der Waals surface area contributed by atoms with Gasteiger partial charge in [0.15, 0.2) is 0 Å². The Kier molecular flexibility index (Phi) is 4.59. The first-order valence-corrected chi connectivity index (χ1v) is 6.43. The molecule has 0 saturated heterocycles. The zero-order chi connectivity index (χ0) is 12.8. The predicted octanol–water partition coefficient (Wildman–Crippen LogP) is 1.88. The van der Waals surface area contributed by atoms with Gasteiger partial charge in [0.05, 0.1) is 6.61 Å². The zero-order valence-corrected chi connectivity index (χ0v) is 10.7. The molecule has 0 radical (unpaired) electrons. The molecule has 0 unspecified atom stereocenters. The maximum atomic E-state index is 11.8. The summed E-state index contributed by atoms with van der Waals surface area (Å²) in [5.74, 6) is 0.725. The van der Waals surface area contributed by atoms with Gasteiger partial charge in [-0.25, -0.2) is 0 Å². The molecule has 2 N–H and O–H groups in total. The third-order valence-electron chi connectivity index (χ3n) is 3.02. The molecule has 0 bridgehead atoms. The van der Waals surface area contributed by atoms with Crippen LogP contribution in [0, 0.1) is 5.92 Å². The number of nitrogens with one attached hydrogen (secondary N) is 2. The summed E-state index contributed by atoms with van der Waals surface area (Å²) in [6.45, 7) is 2.00. The molecule has 1 fully saturated rings. The largest absolute Gasteiger partial charge is 0.388 e. The summed E-state index contributed by atoms with van der Waals surface area (Å²) < 4.78 is 5.46. The number of carbonyl (C=O) groups is 1. The number of ether oxygens (including phenoxy) is 1. The first-order chi connectivity index (χ1) is 8.79. The van der Waals surface area contributed by atoms with E-state index < -0.39 is 0 Å². The van der Waals surface area contributed by atoms with Crippen molar-refractivity contribution in [1.82, 2.24) is 5.32 Å². The number of carbonyl (C=O) groups excluding carboxylic acids is 1. The summed E-state index contributed by atoms with van der Waals surface area (Å²) in [4.78, 5) is 11.8. The summed E-state index contributed by atoms with van der Waals surface area (Å²) >= 11 is 0. The second-order valence-corrected chi connectivity index (χ2v) is 4.60. The fourth-order valence-corrected chi connectivity index (χ4v) is 1.66. The maximum absolute atomic E-state index is 11.8. The molecule has 0 atom stereocenters. The highest BCUT2D eigenvalue weighted by atomic mass is 16.5. The average Bonchev–Trinajstić information content (AvgIpc) is 3.22. The van der Waals surface area contributed by atoms with Gasteiger partial charge >= 0.3 is 0 Å². The minimum atomic E-state index is -0.0484. The number of hydrogen-bond donors (Lipinski definition) is 2. The van der Waals surface area contributed by atoms with E-state index in [2.05, 4.69) is 10.6 Å². The molecule has 0 aromatic heterocycles. The van der Waals surface area contributed by atoms with Crippen molar-refractivity contribution in [3.8, 4) is 0 Å². The summed E-state index contributed by atoms with van der Waals surface area (Å²) in [5, 5.41) is 5.86. The lowest BCUT2D eigenvalue weighted by Gasteiger charge is -2.07. The summed E-state index contributed by atoms with van der Waals surface area (Å²) in [6, 6.07) is 7.40. The van der Waals surface area contributed by atoms with Gasteiger partial charge in [0.25, 0.3) is 5.91 Å². The van der Waals surface area contributed by atoms with E-state index in [1.807, 2.05) is 31.3 Å². The van der Waals surface area contributed by atoms with Gasteiger partial charge < -0.3 is 15.4 Å². The van der Waals surface area contributed by atoms with Crippen LogP contribution in [0.15, 0.2) is 24.3 Å². The van der Waals surface area contributed by atoms with Crippen molar-refractivity contribution < 1.29 is 9.53 Å². The third kappa shape index (κ3) is 4.04. The van der Waals surface area contributed by atoms with Crippen LogP contribution in [0.1, 0.15) is 23.2 Å². The van der Waals surface area contributed by atoms with Crippen LogP contribution in [0.2, 0.25) is 0 Å². The number of hydrogen-bond acceptors (Lipinski definition) is 3. The number of amides is 1. The average molecular weight is 248 g/mol. The van der Waals surface area contributed by atoms with Crippen molar-refractivity contribution in [1.29, 1.82) is 0 Å². The van der Waals surface area contributed by atoms with E-state index in [9.17, 15) is 4.79 Å². The Balaban J connectivity index is 1.65. The Hall–Kier alpha value is -1.55. The van der Waals surface area contributed by atoms with Crippen molar-refractivity contribution in [3.63, 3.8) is 0 Å². The van der Waals surface area contributed by atoms with E-state index in [1.165, 1.54) is 12.8 Å². The normalized spacial score (nSPS) is 14.3. The monoisotopic (exact) mass is 248 g/mol. The molecule has 1 aromatic carbocycles. The number of anilines is 1. The Bertz CT molecular complexity index is 385. The summed E-state index contributed by atoms with van der Waals surface area (Å²) in [5.41, 5.74) is 1.68. The second kappa shape index (κ2) is 6.40. The van der Waals surface area contributed by atoms with Crippen LogP contribution in [0.3, 0.4) is 0 Å². The first kappa shape index (κ1) is 12.9. The van der Waals surface area contributed by atoms with Gasteiger partial charge in [-0.15, -0.1) is 0 Å². The lowest BCUT2D eigenvalue weighted by atomic mass is 10.2. The van der Waals surface area contributed by atoms with Gasteiger partial charge in [-0.3, -0.25) is 4.79 Å². The van der Waals surface area contributed by atoms with E-state index in [1.54, 1.807) is 0 Å². The molecular formula is C14H20N2O2. The van der Waals surface area contributed by atoms with Gasteiger partial charge in [-0.2, -0.15) is 0 Å². The Morgan fingerprint density at radius 2 is 2.06 bits per heavy atom. The summed E-state index contributed by atoms with van der Waals surface area (Å²) in [7, 11) is 1.85. The fraction of sp³-hybridized carbons (Fsp3) is 0.500. The van der Waals surface area contributed by atoms with Crippen LogP contribution in [-0.4, -0.2) is 32.7 Å². The third-order valence-corrected chi connectivity index (χ3v) is 3.02. The van der Waals surface area contributed by atoms with Crippen molar-refractivity contribution >= 4 is 11.6 Å². The Morgan fingerprint density at radius 1 is 1.33 bits per heavy atom. The number of benzene rings is 1. The molecule has 1 aliphatic rings. The van der Waals surface area contributed by atoms with Crippen LogP contribution < -0.4 is 10.6 Å². The van der Waals surface area contributed by atoms with Crippen LogP contribution in [-0.2, 0) is 4.74 Å². The zero-order valence-electron chi connectivity index (χ0n) is 10.7. The van der Waals surface area contributed by atoms with Crippen molar-refractivity contribution in [2.24, 2.45) is 5.92 Å². The number of rotatable bonds is 7. The topological polar surface area (TPSA) is 50.4 Å². The molecule has 4 heteroatoms. The van der Waals surface area contributed by atoms with E-state index >= 15 is 0 Å². The highest BCUT2D eigenvalue weighted by Crippen LogP contribution is 2.28. The molecule has 1 aliphatic carbocycles. The molecular weight excluding hydrogens is 228 g/mol. The SMILES string of the molecule is CNc1ccc(C(=O)NCCOCC2CC2)cc1. The first-order valence-electron chi connectivity index (χ1n) is 6.43. The molecule has 0 heterocycles. The van der Waals surface area contributed by atoms with Gasteiger partial charge in [0.1, 0.15) is 0 Å². The van der Waals surface area contributed by atoms with Crippen molar-refractivity contribution in [2.75, 3.05) is 32.1 Å². The molecule has 4 nitrogen and oxygen atoms in total.